The molecule has 0 aromatic heterocycles. The highest BCUT2D eigenvalue weighted by Crippen LogP contribution is 2.57. The Bertz CT molecular complexity index is 858. The zero-order valence-corrected chi connectivity index (χ0v) is 20.2. The summed E-state index contributed by atoms with van der Waals surface area (Å²) in [5, 5.41) is 23.4. The fourth-order valence-corrected chi connectivity index (χ4v) is 7.11. The Morgan fingerprint density at radius 2 is 1.91 bits per heavy atom. The molecule has 4 aliphatic carbocycles. The fraction of sp³-hybridized carbons (Fsp3) is 0.704. The van der Waals surface area contributed by atoms with Crippen LogP contribution in [0.3, 0.4) is 0 Å². The Balaban J connectivity index is 0.000000200. The van der Waals surface area contributed by atoms with E-state index in [9.17, 15) is 9.90 Å². The number of likely N-dealkylation sites (tertiary alicyclic amines) is 1. The number of nitrogens with zero attached hydrogens (tertiary/aromatic N) is 2. The number of nitrogens with two attached hydrogens (primary N) is 1. The molecule has 1 aromatic rings. The molecule has 5 aliphatic rings. The van der Waals surface area contributed by atoms with Gasteiger partial charge in [0.2, 0.25) is 5.91 Å². The molecule has 5 atom stereocenters. The molecule has 180 valence electrons. The molecule has 2 unspecified atom stereocenters. The molecule has 33 heavy (non-hydrogen) atoms. The lowest BCUT2D eigenvalue weighted by Crippen LogP contribution is -2.65. The van der Waals surface area contributed by atoms with Gasteiger partial charge >= 0.3 is 0 Å². The fourth-order valence-electron chi connectivity index (χ4n) is 7.11. The van der Waals surface area contributed by atoms with Gasteiger partial charge in [0, 0.05) is 17.6 Å². The van der Waals surface area contributed by atoms with E-state index in [-0.39, 0.29) is 23.0 Å². The van der Waals surface area contributed by atoms with Crippen LogP contribution in [0, 0.1) is 23.2 Å². The van der Waals surface area contributed by atoms with Crippen molar-refractivity contribution in [3.8, 4) is 6.07 Å². The Morgan fingerprint density at radius 3 is 2.48 bits per heavy atom. The Hall–Kier alpha value is -1.94. The summed E-state index contributed by atoms with van der Waals surface area (Å²) in [5.74, 6) is 1.28. The summed E-state index contributed by atoms with van der Waals surface area (Å²) in [6.45, 7) is 5.11. The average Bonchev–Trinajstić information content (AvgIpc) is 3.19. The monoisotopic (exact) mass is 452 g/mol. The second-order valence-electron chi connectivity index (χ2n) is 11.8. The van der Waals surface area contributed by atoms with Gasteiger partial charge in [-0.1, -0.05) is 30.3 Å². The number of hydrogen-bond acceptors (Lipinski definition) is 5. The van der Waals surface area contributed by atoms with Gasteiger partial charge < -0.3 is 21.1 Å². The summed E-state index contributed by atoms with van der Waals surface area (Å²) in [6, 6.07) is 12.3. The number of amides is 1. The Morgan fingerprint density at radius 1 is 1.24 bits per heavy atom. The first-order valence-corrected chi connectivity index (χ1v) is 12.6. The van der Waals surface area contributed by atoms with Crippen LogP contribution in [0.15, 0.2) is 30.3 Å². The van der Waals surface area contributed by atoms with Crippen LogP contribution in [-0.4, -0.2) is 51.7 Å². The molecule has 1 heterocycles. The van der Waals surface area contributed by atoms with Crippen LogP contribution in [0.5, 0.6) is 0 Å². The highest BCUT2D eigenvalue weighted by Gasteiger charge is 2.57. The number of nitrogens with one attached hydrogen (secondary N) is 1. The third-order valence-electron chi connectivity index (χ3n) is 7.87. The van der Waals surface area contributed by atoms with Gasteiger partial charge in [0.05, 0.1) is 18.2 Å². The van der Waals surface area contributed by atoms with Crippen molar-refractivity contribution < 1.29 is 9.90 Å². The van der Waals surface area contributed by atoms with E-state index in [1.807, 2.05) is 32.0 Å². The molecule has 1 aromatic carbocycles. The Labute approximate surface area is 198 Å². The summed E-state index contributed by atoms with van der Waals surface area (Å²) in [7, 11) is 0. The van der Waals surface area contributed by atoms with Crippen LogP contribution in [0.25, 0.3) is 0 Å². The molecular weight excluding hydrogens is 412 g/mol. The summed E-state index contributed by atoms with van der Waals surface area (Å²) in [5.41, 5.74) is 6.53. The smallest absolute Gasteiger partial charge is 0.237 e. The molecule has 4 saturated carbocycles. The number of carbonyl (C=O) groups excluding carboxylic acids is 1. The lowest BCUT2D eigenvalue weighted by molar-refractivity contribution is -0.147. The largest absolute Gasteiger partial charge is 0.390 e. The third kappa shape index (κ3) is 5.95. The molecule has 1 amide bonds. The highest BCUT2D eigenvalue weighted by atomic mass is 16.3. The average molecular weight is 453 g/mol. The number of aliphatic hydroxyl groups is 1. The molecule has 5 fully saturated rings. The standard InChI is InChI=1S/C17H25N3O2.C10H15N/c18-9-14-2-1-3-20(14)15(21)10-19-16-5-12-4-13(6-16)8-17(22,7-12)11-16;1-10(2,11)8-9-6-4-3-5-7-9/h12-14,19,22H,1-8,10-11H2;3-7H,8,11H2,1-2H3/t12-,13+,14-,16?,17?;/m0./s1. The maximum Gasteiger partial charge on any atom is 0.237 e. The minimum absolute atomic E-state index is 0.0453. The highest BCUT2D eigenvalue weighted by molar-refractivity contribution is 5.79. The molecule has 1 aliphatic heterocycles. The van der Waals surface area contributed by atoms with E-state index in [0.717, 1.165) is 51.4 Å². The second-order valence-corrected chi connectivity index (χ2v) is 11.8. The number of carbonyl (C=O) groups is 1. The molecule has 0 radical (unpaired) electrons. The number of hydrogen-bond donors (Lipinski definition) is 3. The molecule has 4 bridgehead atoms. The van der Waals surface area contributed by atoms with Gasteiger partial charge in [0.15, 0.2) is 0 Å². The van der Waals surface area contributed by atoms with Gasteiger partial charge in [-0.2, -0.15) is 5.26 Å². The first-order valence-electron chi connectivity index (χ1n) is 12.6. The van der Waals surface area contributed by atoms with E-state index >= 15 is 0 Å². The quantitative estimate of drug-likeness (QED) is 0.637. The predicted octanol–water partition coefficient (Wildman–Crippen LogP) is 3.14. The number of nitriles is 1. The summed E-state index contributed by atoms with van der Waals surface area (Å²) in [6.07, 6.45) is 8.81. The van der Waals surface area contributed by atoms with E-state index in [2.05, 4.69) is 23.5 Å². The van der Waals surface area contributed by atoms with Crippen molar-refractivity contribution in [1.29, 1.82) is 5.26 Å². The van der Waals surface area contributed by atoms with Crippen molar-refractivity contribution in [1.82, 2.24) is 10.2 Å². The molecule has 6 heteroatoms. The van der Waals surface area contributed by atoms with Gasteiger partial charge in [-0.05, 0) is 89.0 Å². The van der Waals surface area contributed by atoms with Crippen molar-refractivity contribution in [3.05, 3.63) is 35.9 Å². The summed E-state index contributed by atoms with van der Waals surface area (Å²) >= 11 is 0. The summed E-state index contributed by atoms with van der Waals surface area (Å²) in [4.78, 5) is 14.2. The lowest BCUT2D eigenvalue weighted by atomic mass is 9.51. The first-order chi connectivity index (χ1) is 15.6. The van der Waals surface area contributed by atoms with E-state index in [1.165, 1.54) is 12.0 Å². The van der Waals surface area contributed by atoms with Gasteiger partial charge in [0.1, 0.15) is 6.04 Å². The molecule has 6 nitrogen and oxygen atoms in total. The van der Waals surface area contributed by atoms with E-state index in [0.29, 0.717) is 24.9 Å². The first kappa shape index (κ1) is 24.2. The molecular formula is C27H40N4O2. The lowest BCUT2D eigenvalue weighted by Gasteiger charge is -2.60. The second kappa shape index (κ2) is 9.37. The van der Waals surface area contributed by atoms with Crippen LogP contribution < -0.4 is 11.1 Å². The van der Waals surface area contributed by atoms with E-state index < -0.39 is 5.60 Å². The maximum atomic E-state index is 12.4. The number of rotatable bonds is 5. The third-order valence-corrected chi connectivity index (χ3v) is 7.87. The molecule has 1 saturated heterocycles. The van der Waals surface area contributed by atoms with Crippen LogP contribution >= 0.6 is 0 Å². The molecule has 6 rings (SSSR count). The minimum atomic E-state index is -0.497. The molecule has 0 spiro atoms. The van der Waals surface area contributed by atoms with Crippen molar-refractivity contribution in [3.63, 3.8) is 0 Å². The van der Waals surface area contributed by atoms with Crippen LogP contribution in [0.2, 0.25) is 0 Å². The van der Waals surface area contributed by atoms with E-state index in [1.54, 1.807) is 4.90 Å². The van der Waals surface area contributed by atoms with Gasteiger partial charge in [-0.15, -0.1) is 0 Å². The molecule has 4 N–H and O–H groups in total. The van der Waals surface area contributed by atoms with E-state index in [4.69, 9.17) is 11.0 Å². The van der Waals surface area contributed by atoms with Crippen LogP contribution in [0.1, 0.15) is 70.8 Å². The number of benzene rings is 1. The predicted molar refractivity (Wildman–Crippen MR) is 129 cm³/mol. The van der Waals surface area contributed by atoms with Crippen LogP contribution in [0.4, 0.5) is 0 Å². The van der Waals surface area contributed by atoms with Gasteiger partial charge in [-0.25, -0.2) is 0 Å². The normalized spacial score (nSPS) is 34.5. The van der Waals surface area contributed by atoms with Gasteiger partial charge in [0.25, 0.3) is 0 Å². The van der Waals surface area contributed by atoms with Crippen molar-refractivity contribution in [2.45, 2.75) is 94.4 Å². The van der Waals surface area contributed by atoms with Crippen molar-refractivity contribution in [2.75, 3.05) is 13.1 Å². The van der Waals surface area contributed by atoms with Crippen molar-refractivity contribution in [2.24, 2.45) is 17.6 Å². The zero-order valence-electron chi connectivity index (χ0n) is 20.2. The zero-order chi connectivity index (χ0) is 23.7. The summed E-state index contributed by atoms with van der Waals surface area (Å²) < 4.78 is 0. The topological polar surface area (TPSA) is 102 Å². The minimum Gasteiger partial charge on any atom is -0.390 e. The maximum absolute atomic E-state index is 12.4. The SMILES string of the molecule is CC(C)(N)Cc1ccccc1.N#C[C@@H]1CCCN1C(=O)CNC12C[C@@H]3C[C@@H](CC(O)(C3)C1)C2. The van der Waals surface area contributed by atoms with Crippen LogP contribution in [-0.2, 0) is 11.2 Å². The Kier molecular flexibility index (Phi) is 6.87. The van der Waals surface area contributed by atoms with Crippen molar-refractivity contribution >= 4 is 5.91 Å². The van der Waals surface area contributed by atoms with Gasteiger partial charge in [-0.3, -0.25) is 4.79 Å².